The molecule has 2 aromatic rings. The fraction of sp³-hybridized carbons (Fsp3) is 0.500. The molecular formula is C26H34N4O3. The highest BCUT2D eigenvalue weighted by Crippen LogP contribution is 2.22. The number of carbonyl (C=O) groups is 2. The Labute approximate surface area is 195 Å². The van der Waals surface area contributed by atoms with Gasteiger partial charge in [-0.05, 0) is 60.4 Å². The molecule has 1 aromatic heterocycles. The van der Waals surface area contributed by atoms with E-state index in [9.17, 15) is 14.7 Å². The molecular weight excluding hydrogens is 416 g/mol. The summed E-state index contributed by atoms with van der Waals surface area (Å²) >= 11 is 0. The molecule has 0 radical (unpaired) electrons. The molecule has 1 fully saturated rings. The monoisotopic (exact) mass is 450 g/mol. The van der Waals surface area contributed by atoms with E-state index in [0.717, 1.165) is 57.4 Å². The molecule has 0 spiro atoms. The Morgan fingerprint density at radius 3 is 2.67 bits per heavy atom. The molecule has 1 atom stereocenters. The number of pyridine rings is 1. The summed E-state index contributed by atoms with van der Waals surface area (Å²) in [6.07, 6.45) is 4.88. The molecule has 176 valence electrons. The summed E-state index contributed by atoms with van der Waals surface area (Å²) in [5.41, 5.74) is 4.16. The van der Waals surface area contributed by atoms with Crippen molar-refractivity contribution in [2.24, 2.45) is 5.92 Å². The standard InChI is InChI=1S/C26H34N4O3/c1-19(31)30-12-7-20(8-13-30)14-21-6-10-27-25(15-21)26(33)28-16-24(32)18-29-11-9-22-4-2-3-5-23(22)17-29/h2-6,10,15,20,24,32H,7-9,11-14,16-18H2,1H3,(H,28,33)/t24-/m0/s1. The minimum Gasteiger partial charge on any atom is -0.390 e. The minimum absolute atomic E-state index is 0.142. The van der Waals surface area contributed by atoms with Gasteiger partial charge in [-0.3, -0.25) is 19.5 Å². The molecule has 0 aliphatic carbocycles. The third-order valence-electron chi connectivity index (χ3n) is 6.82. The van der Waals surface area contributed by atoms with Crippen molar-refractivity contribution in [3.63, 3.8) is 0 Å². The number of β-amino-alcohol motifs (C(OH)–C–C–N with tert-alkyl or cyclic N) is 1. The van der Waals surface area contributed by atoms with Crippen LogP contribution in [0, 0.1) is 5.92 Å². The number of aliphatic hydroxyl groups excluding tert-OH is 1. The molecule has 1 aromatic carbocycles. The maximum atomic E-state index is 12.6. The molecule has 2 aliphatic rings. The molecule has 0 saturated carbocycles. The normalized spacial score (nSPS) is 17.9. The number of nitrogens with one attached hydrogen (secondary N) is 1. The number of aliphatic hydroxyl groups is 1. The van der Waals surface area contributed by atoms with Crippen LogP contribution in [0.4, 0.5) is 0 Å². The number of aromatic nitrogens is 1. The van der Waals surface area contributed by atoms with E-state index in [-0.39, 0.29) is 18.4 Å². The Hall–Kier alpha value is -2.77. The zero-order valence-corrected chi connectivity index (χ0v) is 19.4. The number of nitrogens with zero attached hydrogens (tertiary/aromatic N) is 3. The van der Waals surface area contributed by atoms with Gasteiger partial charge in [0.1, 0.15) is 5.69 Å². The fourth-order valence-corrected chi connectivity index (χ4v) is 4.88. The van der Waals surface area contributed by atoms with Crippen molar-refractivity contribution in [3.05, 3.63) is 65.0 Å². The lowest BCUT2D eigenvalue weighted by atomic mass is 9.90. The number of fused-ring (bicyclic) bond motifs is 1. The van der Waals surface area contributed by atoms with Gasteiger partial charge in [-0.15, -0.1) is 0 Å². The maximum Gasteiger partial charge on any atom is 0.269 e. The van der Waals surface area contributed by atoms with Crippen LogP contribution in [-0.4, -0.2) is 70.5 Å². The molecule has 7 nitrogen and oxygen atoms in total. The fourth-order valence-electron chi connectivity index (χ4n) is 4.88. The highest BCUT2D eigenvalue weighted by molar-refractivity contribution is 5.92. The van der Waals surface area contributed by atoms with E-state index in [4.69, 9.17) is 0 Å². The highest BCUT2D eigenvalue weighted by atomic mass is 16.3. The van der Waals surface area contributed by atoms with Crippen LogP contribution in [0.3, 0.4) is 0 Å². The van der Waals surface area contributed by atoms with Gasteiger partial charge in [0.25, 0.3) is 5.91 Å². The zero-order valence-electron chi connectivity index (χ0n) is 19.4. The average Bonchev–Trinajstić information content (AvgIpc) is 2.83. The number of piperidine rings is 1. The van der Waals surface area contributed by atoms with Crippen molar-refractivity contribution in [2.45, 2.75) is 45.3 Å². The Kier molecular flexibility index (Phi) is 7.73. The van der Waals surface area contributed by atoms with Gasteiger partial charge < -0.3 is 15.3 Å². The molecule has 1 saturated heterocycles. The summed E-state index contributed by atoms with van der Waals surface area (Å²) < 4.78 is 0. The van der Waals surface area contributed by atoms with Crippen molar-refractivity contribution >= 4 is 11.8 Å². The van der Waals surface area contributed by atoms with Crippen LogP contribution in [-0.2, 0) is 24.2 Å². The molecule has 0 unspecified atom stereocenters. The lowest BCUT2D eigenvalue weighted by Crippen LogP contribution is -2.42. The molecule has 2 aliphatic heterocycles. The SMILES string of the molecule is CC(=O)N1CCC(Cc2ccnc(C(=O)NC[C@H](O)CN3CCc4ccccc4C3)c2)CC1. The lowest BCUT2D eigenvalue weighted by molar-refractivity contribution is -0.130. The van der Waals surface area contributed by atoms with Crippen molar-refractivity contribution in [2.75, 3.05) is 32.7 Å². The van der Waals surface area contributed by atoms with Crippen molar-refractivity contribution in [3.8, 4) is 0 Å². The molecule has 2 N–H and O–H groups in total. The summed E-state index contributed by atoms with van der Waals surface area (Å²) in [7, 11) is 0. The van der Waals surface area contributed by atoms with Gasteiger partial charge in [0.05, 0.1) is 6.10 Å². The van der Waals surface area contributed by atoms with E-state index in [1.54, 1.807) is 13.1 Å². The van der Waals surface area contributed by atoms with Gasteiger partial charge in [-0.25, -0.2) is 0 Å². The first-order chi connectivity index (χ1) is 16.0. The number of amides is 2. The van der Waals surface area contributed by atoms with Gasteiger partial charge in [0, 0.05) is 52.4 Å². The predicted molar refractivity (Wildman–Crippen MR) is 127 cm³/mol. The zero-order chi connectivity index (χ0) is 23.2. The Morgan fingerprint density at radius 2 is 1.91 bits per heavy atom. The highest BCUT2D eigenvalue weighted by Gasteiger charge is 2.22. The minimum atomic E-state index is -0.631. The van der Waals surface area contributed by atoms with Gasteiger partial charge in [0.15, 0.2) is 0 Å². The molecule has 7 heteroatoms. The van der Waals surface area contributed by atoms with Crippen LogP contribution in [0.2, 0.25) is 0 Å². The molecule has 0 bridgehead atoms. The first-order valence-corrected chi connectivity index (χ1v) is 11.9. The molecule has 2 amide bonds. The second kappa shape index (κ2) is 10.9. The van der Waals surface area contributed by atoms with Gasteiger partial charge in [-0.1, -0.05) is 24.3 Å². The van der Waals surface area contributed by atoms with Gasteiger partial charge in [0.2, 0.25) is 5.91 Å². The summed E-state index contributed by atoms with van der Waals surface area (Å²) in [6, 6.07) is 12.2. The summed E-state index contributed by atoms with van der Waals surface area (Å²) in [5, 5.41) is 13.3. The predicted octanol–water partition coefficient (Wildman–Crippen LogP) is 2.03. The van der Waals surface area contributed by atoms with E-state index >= 15 is 0 Å². The second-order valence-corrected chi connectivity index (χ2v) is 9.32. The van der Waals surface area contributed by atoms with E-state index in [0.29, 0.717) is 18.2 Å². The molecule has 3 heterocycles. The number of benzene rings is 1. The van der Waals surface area contributed by atoms with Crippen LogP contribution in [0.1, 0.15) is 46.9 Å². The summed E-state index contributed by atoms with van der Waals surface area (Å²) in [4.78, 5) is 32.5. The number of rotatable bonds is 7. The topological polar surface area (TPSA) is 85.8 Å². The molecule has 33 heavy (non-hydrogen) atoms. The third-order valence-corrected chi connectivity index (χ3v) is 6.82. The van der Waals surface area contributed by atoms with E-state index in [1.807, 2.05) is 17.0 Å². The number of hydrogen-bond acceptors (Lipinski definition) is 5. The number of hydrogen-bond donors (Lipinski definition) is 2. The molecule has 4 rings (SSSR count). The van der Waals surface area contributed by atoms with Crippen molar-refractivity contribution in [1.29, 1.82) is 0 Å². The van der Waals surface area contributed by atoms with Crippen LogP contribution < -0.4 is 5.32 Å². The second-order valence-electron chi connectivity index (χ2n) is 9.32. The van der Waals surface area contributed by atoms with Gasteiger partial charge in [-0.2, -0.15) is 0 Å². The van der Waals surface area contributed by atoms with Crippen molar-refractivity contribution in [1.82, 2.24) is 20.1 Å². The Balaban J connectivity index is 1.23. The lowest BCUT2D eigenvalue weighted by Gasteiger charge is -2.31. The Morgan fingerprint density at radius 1 is 1.15 bits per heavy atom. The van der Waals surface area contributed by atoms with Crippen LogP contribution in [0.15, 0.2) is 42.6 Å². The van der Waals surface area contributed by atoms with E-state index in [1.165, 1.54) is 11.1 Å². The van der Waals surface area contributed by atoms with Crippen LogP contribution >= 0.6 is 0 Å². The quantitative estimate of drug-likeness (QED) is 0.674. The van der Waals surface area contributed by atoms with Crippen LogP contribution in [0.5, 0.6) is 0 Å². The number of likely N-dealkylation sites (tertiary alicyclic amines) is 1. The van der Waals surface area contributed by atoms with Crippen LogP contribution in [0.25, 0.3) is 0 Å². The van der Waals surface area contributed by atoms with E-state index in [2.05, 4.69) is 39.5 Å². The smallest absolute Gasteiger partial charge is 0.269 e. The Bertz CT molecular complexity index is 972. The van der Waals surface area contributed by atoms with Gasteiger partial charge >= 0.3 is 0 Å². The average molecular weight is 451 g/mol. The first kappa shape index (κ1) is 23.4. The maximum absolute atomic E-state index is 12.6. The largest absolute Gasteiger partial charge is 0.390 e. The first-order valence-electron chi connectivity index (χ1n) is 11.9. The van der Waals surface area contributed by atoms with Crippen molar-refractivity contribution < 1.29 is 14.7 Å². The number of carbonyl (C=O) groups excluding carboxylic acids is 2. The summed E-state index contributed by atoms with van der Waals surface area (Å²) in [5.74, 6) is 0.394. The van der Waals surface area contributed by atoms with E-state index < -0.39 is 6.10 Å². The summed E-state index contributed by atoms with van der Waals surface area (Å²) in [6.45, 7) is 5.70. The third kappa shape index (κ3) is 6.39.